The van der Waals surface area contributed by atoms with Gasteiger partial charge in [-0.25, -0.2) is 9.36 Å². The van der Waals surface area contributed by atoms with E-state index < -0.39 is 50.4 Å². The van der Waals surface area contributed by atoms with Crippen molar-refractivity contribution >= 4 is 25.3 Å². The number of phosphoric acid groups is 1. The van der Waals surface area contributed by atoms with Gasteiger partial charge in [-0.15, -0.1) is 0 Å². The number of halogens is 2. The van der Waals surface area contributed by atoms with E-state index in [1.165, 1.54) is 44.6 Å². The first-order chi connectivity index (χ1) is 22.8. The molecule has 0 aromatic carbocycles. The van der Waals surface area contributed by atoms with Gasteiger partial charge in [-0.05, 0) is 32.8 Å². The summed E-state index contributed by atoms with van der Waals surface area (Å²) in [5.41, 5.74) is 5.24. The van der Waals surface area contributed by atoms with Gasteiger partial charge in [-0.1, -0.05) is 83.5 Å². The van der Waals surface area contributed by atoms with Crippen LogP contribution in [0.1, 0.15) is 123 Å². The molecule has 0 bridgehead atoms. The lowest BCUT2D eigenvalue weighted by atomic mass is 10.0. The van der Waals surface area contributed by atoms with Crippen LogP contribution in [0.25, 0.3) is 0 Å². The number of nitrogen functional groups attached to an aromatic ring is 1. The van der Waals surface area contributed by atoms with Crippen LogP contribution in [0, 0.1) is 0 Å². The van der Waals surface area contributed by atoms with Crippen molar-refractivity contribution in [3.8, 4) is 0 Å². The van der Waals surface area contributed by atoms with Crippen molar-refractivity contribution in [3.05, 3.63) is 22.7 Å². The van der Waals surface area contributed by atoms with Gasteiger partial charge in [-0.2, -0.15) is 13.8 Å². The molecule has 0 saturated carbocycles. The van der Waals surface area contributed by atoms with Gasteiger partial charge in [0.05, 0.1) is 19.8 Å². The summed E-state index contributed by atoms with van der Waals surface area (Å²) >= 11 is 0. The number of aliphatic imine (C=N–C) groups is 1. The van der Waals surface area contributed by atoms with E-state index in [2.05, 4.69) is 9.98 Å². The summed E-state index contributed by atoms with van der Waals surface area (Å²) < 4.78 is 61.7. The Bertz CT molecular complexity index is 1220. The minimum Gasteiger partial charge on any atom is -0.463 e. The summed E-state index contributed by atoms with van der Waals surface area (Å²) in [5, 5.41) is 10.0. The lowest BCUT2D eigenvalue weighted by Gasteiger charge is -2.20. The molecule has 4 atom stereocenters. The van der Waals surface area contributed by atoms with Gasteiger partial charge in [0.2, 0.25) is 6.23 Å². The highest BCUT2D eigenvalue weighted by Gasteiger charge is 2.60. The smallest absolute Gasteiger partial charge is 0.463 e. The first kappa shape index (κ1) is 41.9. The van der Waals surface area contributed by atoms with E-state index in [1.54, 1.807) is 0 Å². The average Bonchev–Trinajstić information content (AvgIpc) is 3.24. The van der Waals surface area contributed by atoms with Crippen LogP contribution in [0.15, 0.2) is 22.1 Å². The third-order valence-electron chi connectivity index (χ3n) is 7.95. The number of hydrogen-bond donors (Lipinski definition) is 3. The van der Waals surface area contributed by atoms with Crippen LogP contribution in [0.3, 0.4) is 0 Å². The molecule has 1 aliphatic heterocycles. The first-order valence-corrected chi connectivity index (χ1v) is 18.6. The molecule has 0 spiro atoms. The van der Waals surface area contributed by atoms with Crippen molar-refractivity contribution in [2.75, 3.05) is 32.1 Å². The van der Waals surface area contributed by atoms with E-state index in [0.29, 0.717) is 17.5 Å². The largest absolute Gasteiger partial charge is 0.472 e. The van der Waals surface area contributed by atoms with E-state index in [4.69, 9.17) is 24.3 Å². The molecule has 2 rings (SSSR count). The number of phosphoric ester groups is 1. The number of anilines is 1. The molecule has 1 fully saturated rings. The summed E-state index contributed by atoms with van der Waals surface area (Å²) in [6.45, 7) is 3.76. The van der Waals surface area contributed by atoms with Crippen molar-refractivity contribution in [1.29, 1.82) is 0 Å². The Morgan fingerprint density at radius 3 is 2.04 bits per heavy atom. The van der Waals surface area contributed by atoms with E-state index in [9.17, 15) is 32.9 Å². The minimum absolute atomic E-state index is 0.0585. The second-order valence-electron chi connectivity index (χ2n) is 12.4. The fraction of sp³-hybridized carbons (Fsp3) is 0.812. The second-order valence-corrected chi connectivity index (χ2v) is 13.8. The number of hydrogen-bond acceptors (Lipinski definition) is 11. The number of nitrogens with zero attached hydrogens (tertiary/aromatic N) is 3. The number of carbonyl (C=O) groups excluding carboxylic acids is 1. The molecule has 13 nitrogen and oxygen atoms in total. The fourth-order valence-corrected chi connectivity index (χ4v) is 6.02. The zero-order valence-electron chi connectivity index (χ0n) is 28.4. The lowest BCUT2D eigenvalue weighted by molar-refractivity contribution is -0.150. The van der Waals surface area contributed by atoms with Crippen molar-refractivity contribution in [2.45, 2.75) is 141 Å². The van der Waals surface area contributed by atoms with E-state index >= 15 is 0 Å². The molecule has 1 aliphatic rings. The molecule has 16 heteroatoms. The highest BCUT2D eigenvalue weighted by Crippen LogP contribution is 2.43. The molecule has 1 saturated heterocycles. The molecular formula is C32H55F2N4O9P. The zero-order valence-corrected chi connectivity index (χ0v) is 29.3. The van der Waals surface area contributed by atoms with Crippen molar-refractivity contribution in [3.63, 3.8) is 0 Å². The number of carbonyl (C=O) groups is 1. The SMILES string of the molecule is CC(C)=NCCOP(=O)(O)OCCCCCCCCCCCCCCCCCC(=O)OC[C@H]1O[C@@H](n2ccc(N)nc2=O)C(F)(F)C1O. The number of alkyl halides is 2. The predicted octanol–water partition coefficient (Wildman–Crippen LogP) is 6.12. The lowest BCUT2D eigenvalue weighted by Crippen LogP contribution is -2.42. The second kappa shape index (κ2) is 22.4. The summed E-state index contributed by atoms with van der Waals surface area (Å²) in [7, 11) is -3.99. The zero-order chi connectivity index (χ0) is 35.4. The molecule has 0 radical (unpaired) electrons. The number of unbranched alkanes of at least 4 members (excludes halogenated alkanes) is 14. The number of rotatable bonds is 26. The number of ether oxygens (including phenoxy) is 2. The van der Waals surface area contributed by atoms with Gasteiger partial charge < -0.3 is 25.2 Å². The van der Waals surface area contributed by atoms with E-state index in [0.717, 1.165) is 63.3 Å². The molecule has 2 heterocycles. The number of aliphatic hydroxyl groups excluding tert-OH is 1. The van der Waals surface area contributed by atoms with Gasteiger partial charge >= 0.3 is 25.4 Å². The van der Waals surface area contributed by atoms with Gasteiger partial charge in [-0.3, -0.25) is 23.4 Å². The van der Waals surface area contributed by atoms with E-state index in [-0.39, 0.29) is 25.5 Å². The molecule has 1 aromatic heterocycles. The number of esters is 1. The van der Waals surface area contributed by atoms with Crippen LogP contribution < -0.4 is 11.4 Å². The highest BCUT2D eigenvalue weighted by atomic mass is 31.2. The number of aromatic nitrogens is 2. The van der Waals surface area contributed by atoms with Crippen LogP contribution in [0.5, 0.6) is 0 Å². The Morgan fingerprint density at radius 2 is 1.50 bits per heavy atom. The Kier molecular flexibility index (Phi) is 19.6. The first-order valence-electron chi connectivity index (χ1n) is 17.1. The quantitative estimate of drug-likeness (QED) is 0.0436. The standard InChI is InChI=1S/C32H55F2N4O9P/c1-25(2)36-20-23-46-48(42,43)45-22-17-15-13-11-9-7-5-3-4-6-8-10-12-14-16-18-28(39)44-24-26-29(40)32(33,34)30(47-26)38-21-19-27(35)37-31(38)41/h19,21,26,29-30,40H,3-18,20,22-24H2,1-2H3,(H,42,43)(H2,35,37,41)/t26-,29?,30-/m1/s1. The Morgan fingerprint density at radius 1 is 0.979 bits per heavy atom. The number of aliphatic hydroxyl groups is 1. The molecule has 0 aliphatic carbocycles. The fourth-order valence-electron chi connectivity index (χ4n) is 5.27. The molecule has 48 heavy (non-hydrogen) atoms. The molecular weight excluding hydrogens is 653 g/mol. The molecule has 0 amide bonds. The van der Waals surface area contributed by atoms with Crippen LogP contribution in [0.4, 0.5) is 14.6 Å². The van der Waals surface area contributed by atoms with Crippen molar-refractivity contribution < 1.29 is 46.7 Å². The Balaban J connectivity index is 1.38. The maximum atomic E-state index is 14.6. The summed E-state index contributed by atoms with van der Waals surface area (Å²) in [4.78, 5) is 41.2. The van der Waals surface area contributed by atoms with Crippen LogP contribution in [-0.4, -0.2) is 75.7 Å². The highest BCUT2D eigenvalue weighted by molar-refractivity contribution is 7.47. The van der Waals surface area contributed by atoms with Crippen molar-refractivity contribution in [2.24, 2.45) is 4.99 Å². The molecule has 1 aromatic rings. The minimum atomic E-state index is -3.99. The monoisotopic (exact) mass is 708 g/mol. The summed E-state index contributed by atoms with van der Waals surface area (Å²) in [6, 6.07) is 1.17. The van der Waals surface area contributed by atoms with Crippen molar-refractivity contribution in [1.82, 2.24) is 9.55 Å². The van der Waals surface area contributed by atoms with Gasteiger partial charge in [0.15, 0.2) is 6.10 Å². The third kappa shape index (κ3) is 16.4. The van der Waals surface area contributed by atoms with Gasteiger partial charge in [0.1, 0.15) is 18.5 Å². The van der Waals surface area contributed by atoms with E-state index in [1.807, 2.05) is 13.8 Å². The molecule has 4 N–H and O–H groups in total. The van der Waals surface area contributed by atoms with Crippen LogP contribution in [0.2, 0.25) is 0 Å². The Hall–Kier alpha value is -2.29. The maximum Gasteiger partial charge on any atom is 0.472 e. The Labute approximate surface area is 282 Å². The molecule has 276 valence electrons. The van der Waals surface area contributed by atoms with Gasteiger partial charge in [0, 0.05) is 18.3 Å². The molecule has 2 unspecified atom stereocenters. The topological polar surface area (TPSA) is 185 Å². The average molecular weight is 709 g/mol. The summed E-state index contributed by atoms with van der Waals surface area (Å²) in [5.74, 6) is -4.48. The maximum absolute atomic E-state index is 14.6. The van der Waals surface area contributed by atoms with Crippen LogP contribution in [-0.2, 0) is 27.9 Å². The summed E-state index contributed by atoms with van der Waals surface area (Å²) in [6.07, 6.45) is 11.1. The number of nitrogens with two attached hydrogens (primary N) is 1. The predicted molar refractivity (Wildman–Crippen MR) is 178 cm³/mol. The van der Waals surface area contributed by atoms with Crippen LogP contribution >= 0.6 is 7.82 Å². The third-order valence-corrected chi connectivity index (χ3v) is 8.96. The van der Waals surface area contributed by atoms with Gasteiger partial charge in [0.25, 0.3) is 0 Å². The normalized spacial score (nSPS) is 20.0.